The minimum Gasteiger partial charge on any atom is -0.481 e. The fourth-order valence-corrected chi connectivity index (χ4v) is 0.376. The van der Waals surface area contributed by atoms with E-state index in [9.17, 15) is 4.79 Å². The molecule has 0 aromatic carbocycles. The Labute approximate surface area is 83.8 Å². The van der Waals surface area contributed by atoms with E-state index in [0.717, 1.165) is 0 Å². The second-order valence-corrected chi connectivity index (χ2v) is 3.81. The fourth-order valence-electron chi connectivity index (χ4n) is 0.376. The molecule has 1 aromatic heterocycles. The van der Waals surface area contributed by atoms with Gasteiger partial charge in [-0.05, 0) is 32.9 Å². The molecule has 1 rings (SSSR count). The Bertz CT molecular complexity index is 278. The van der Waals surface area contributed by atoms with Gasteiger partial charge >= 0.3 is 5.97 Å². The van der Waals surface area contributed by atoms with Crippen LogP contribution in [0.3, 0.4) is 0 Å². The van der Waals surface area contributed by atoms with Gasteiger partial charge < -0.3 is 10.8 Å². The largest absolute Gasteiger partial charge is 0.481 e. The van der Waals surface area contributed by atoms with E-state index in [1.54, 1.807) is 33.0 Å². The van der Waals surface area contributed by atoms with Crippen molar-refractivity contribution in [2.45, 2.75) is 20.8 Å². The van der Waals surface area contributed by atoms with Gasteiger partial charge in [-0.2, -0.15) is 0 Å². The van der Waals surface area contributed by atoms with Crippen LogP contribution >= 0.6 is 0 Å². The van der Waals surface area contributed by atoms with Gasteiger partial charge in [0.15, 0.2) is 0 Å². The topological polar surface area (TPSA) is 76.2 Å². The predicted octanol–water partition coefficient (Wildman–Crippen LogP) is 1.78. The van der Waals surface area contributed by atoms with Crippen LogP contribution in [-0.2, 0) is 4.79 Å². The fraction of sp³-hybridized carbons (Fsp3) is 0.400. The van der Waals surface area contributed by atoms with Crippen molar-refractivity contribution in [3.63, 3.8) is 0 Å². The van der Waals surface area contributed by atoms with Gasteiger partial charge in [-0.15, -0.1) is 0 Å². The number of carbonyl (C=O) groups is 1. The highest BCUT2D eigenvalue weighted by Gasteiger charge is 2.18. The first kappa shape index (κ1) is 12.4. The molecule has 0 aliphatic heterocycles. The summed E-state index contributed by atoms with van der Waals surface area (Å²) in [6, 6.07) is 5.43. The van der Waals surface area contributed by atoms with Crippen molar-refractivity contribution in [1.29, 1.82) is 0 Å². The van der Waals surface area contributed by atoms with Gasteiger partial charge in [0.25, 0.3) is 0 Å². The van der Waals surface area contributed by atoms with E-state index in [-0.39, 0.29) is 0 Å². The van der Waals surface area contributed by atoms with Crippen molar-refractivity contribution >= 4 is 11.8 Å². The zero-order valence-electron chi connectivity index (χ0n) is 8.69. The molecule has 1 aromatic rings. The summed E-state index contributed by atoms with van der Waals surface area (Å²) in [5.74, 6) is -0.185. The highest BCUT2D eigenvalue weighted by atomic mass is 16.4. The molecule has 0 fully saturated rings. The number of aromatic nitrogens is 1. The number of carboxylic acids is 1. The molecular formula is C10H16N2O2. The van der Waals surface area contributed by atoms with Crippen molar-refractivity contribution in [2.24, 2.45) is 5.41 Å². The maximum atomic E-state index is 10.0. The number of nitrogen functional groups attached to an aromatic ring is 1. The van der Waals surface area contributed by atoms with Crippen molar-refractivity contribution < 1.29 is 9.90 Å². The lowest BCUT2D eigenvalue weighted by atomic mass is 9.98. The maximum absolute atomic E-state index is 10.0. The molecule has 0 unspecified atom stereocenters. The molecule has 14 heavy (non-hydrogen) atoms. The van der Waals surface area contributed by atoms with Crippen LogP contribution in [0.4, 0.5) is 5.82 Å². The third kappa shape index (κ3) is 5.99. The van der Waals surface area contributed by atoms with Crippen LogP contribution in [0.5, 0.6) is 0 Å². The number of anilines is 1. The SMILES string of the molecule is CC(C)(C)C(=O)O.Nc1ccccn1. The summed E-state index contributed by atoms with van der Waals surface area (Å²) in [5.41, 5.74) is 4.66. The van der Waals surface area contributed by atoms with Gasteiger partial charge in [-0.3, -0.25) is 4.79 Å². The lowest BCUT2D eigenvalue weighted by Crippen LogP contribution is -2.18. The molecule has 1 heterocycles. The third-order valence-electron chi connectivity index (χ3n) is 1.33. The van der Waals surface area contributed by atoms with E-state index >= 15 is 0 Å². The first-order valence-corrected chi connectivity index (χ1v) is 4.24. The van der Waals surface area contributed by atoms with Crippen LogP contribution in [0.2, 0.25) is 0 Å². The average Bonchev–Trinajstić information content (AvgIpc) is 2.04. The first-order chi connectivity index (χ1) is 6.34. The van der Waals surface area contributed by atoms with Crippen molar-refractivity contribution in [3.8, 4) is 0 Å². The van der Waals surface area contributed by atoms with Crippen molar-refractivity contribution in [2.75, 3.05) is 5.73 Å². The van der Waals surface area contributed by atoms with Crippen LogP contribution in [0.25, 0.3) is 0 Å². The molecule has 4 nitrogen and oxygen atoms in total. The standard InChI is InChI=1S/C5H6N2.C5H10O2/c6-5-3-1-2-4-7-5;1-5(2,3)4(6)7/h1-4H,(H2,6,7);1-3H3,(H,6,7). The Morgan fingerprint density at radius 1 is 1.43 bits per heavy atom. The average molecular weight is 196 g/mol. The number of hydrogen-bond donors (Lipinski definition) is 2. The van der Waals surface area contributed by atoms with Gasteiger partial charge in [-0.25, -0.2) is 4.98 Å². The zero-order valence-corrected chi connectivity index (χ0v) is 8.69. The number of hydrogen-bond acceptors (Lipinski definition) is 3. The summed E-state index contributed by atoms with van der Waals surface area (Å²) in [5, 5.41) is 8.25. The summed E-state index contributed by atoms with van der Waals surface area (Å²) < 4.78 is 0. The van der Waals surface area contributed by atoms with E-state index in [0.29, 0.717) is 5.82 Å². The van der Waals surface area contributed by atoms with Crippen molar-refractivity contribution in [3.05, 3.63) is 24.4 Å². The molecule has 0 aliphatic rings. The summed E-state index contributed by atoms with van der Waals surface area (Å²) in [7, 11) is 0. The lowest BCUT2D eigenvalue weighted by molar-refractivity contribution is -0.145. The third-order valence-corrected chi connectivity index (χ3v) is 1.33. The van der Waals surface area contributed by atoms with E-state index in [1.807, 2.05) is 12.1 Å². The molecule has 0 radical (unpaired) electrons. The predicted molar refractivity (Wildman–Crippen MR) is 55.7 cm³/mol. The van der Waals surface area contributed by atoms with E-state index in [4.69, 9.17) is 10.8 Å². The number of rotatable bonds is 0. The van der Waals surface area contributed by atoms with E-state index < -0.39 is 11.4 Å². The molecule has 0 aliphatic carbocycles. The van der Waals surface area contributed by atoms with Crippen molar-refractivity contribution in [1.82, 2.24) is 4.98 Å². The van der Waals surface area contributed by atoms with Gasteiger partial charge in [0.05, 0.1) is 5.41 Å². The summed E-state index contributed by atoms with van der Waals surface area (Å²) in [6.45, 7) is 4.99. The highest BCUT2D eigenvalue weighted by Crippen LogP contribution is 2.11. The van der Waals surface area contributed by atoms with E-state index in [1.165, 1.54) is 0 Å². The molecule has 4 heteroatoms. The van der Waals surface area contributed by atoms with Crippen LogP contribution < -0.4 is 5.73 Å². The normalized spacial score (nSPS) is 9.93. The van der Waals surface area contributed by atoms with Crippen LogP contribution in [0, 0.1) is 5.41 Å². The molecule has 0 atom stereocenters. The minimum atomic E-state index is -0.757. The Balaban J connectivity index is 0.000000241. The number of pyridine rings is 1. The summed E-state index contributed by atoms with van der Waals surface area (Å²) in [6.07, 6.45) is 1.66. The van der Waals surface area contributed by atoms with Gasteiger partial charge in [-0.1, -0.05) is 6.07 Å². The first-order valence-electron chi connectivity index (χ1n) is 4.24. The number of aliphatic carboxylic acids is 1. The monoisotopic (exact) mass is 196 g/mol. The summed E-state index contributed by atoms with van der Waals surface area (Å²) >= 11 is 0. The van der Waals surface area contributed by atoms with Gasteiger partial charge in [0, 0.05) is 6.20 Å². The molecule has 0 saturated heterocycles. The number of carboxylic acid groups (broad SMARTS) is 1. The van der Waals surface area contributed by atoms with Gasteiger partial charge in [0.1, 0.15) is 5.82 Å². The molecule has 78 valence electrons. The molecule has 3 N–H and O–H groups in total. The zero-order chi connectivity index (χ0) is 11.2. The Hall–Kier alpha value is -1.58. The summed E-state index contributed by atoms with van der Waals surface area (Å²) in [4.78, 5) is 13.8. The minimum absolute atomic E-state index is 0.572. The Morgan fingerprint density at radius 2 is 1.93 bits per heavy atom. The Kier molecular flexibility index (Phi) is 4.63. The van der Waals surface area contributed by atoms with Crippen LogP contribution in [0.1, 0.15) is 20.8 Å². The van der Waals surface area contributed by atoms with Crippen LogP contribution in [-0.4, -0.2) is 16.1 Å². The Morgan fingerprint density at radius 3 is 2.07 bits per heavy atom. The molecular weight excluding hydrogens is 180 g/mol. The molecule has 0 amide bonds. The molecule has 0 spiro atoms. The number of nitrogens with two attached hydrogens (primary N) is 1. The quantitative estimate of drug-likeness (QED) is 0.663. The second kappa shape index (κ2) is 5.21. The molecule has 0 saturated carbocycles. The lowest BCUT2D eigenvalue weighted by Gasteiger charge is -2.08. The maximum Gasteiger partial charge on any atom is 0.308 e. The smallest absolute Gasteiger partial charge is 0.308 e. The van der Waals surface area contributed by atoms with Gasteiger partial charge in [0.2, 0.25) is 0 Å². The second-order valence-electron chi connectivity index (χ2n) is 3.81. The van der Waals surface area contributed by atoms with E-state index in [2.05, 4.69) is 4.98 Å². The molecule has 0 bridgehead atoms. The van der Waals surface area contributed by atoms with Crippen LogP contribution in [0.15, 0.2) is 24.4 Å². The highest BCUT2D eigenvalue weighted by molar-refractivity contribution is 5.72. The number of nitrogens with zero attached hydrogens (tertiary/aromatic N) is 1.